The van der Waals surface area contributed by atoms with Crippen molar-refractivity contribution in [3.05, 3.63) is 35.9 Å². The van der Waals surface area contributed by atoms with E-state index in [4.69, 9.17) is 4.74 Å². The summed E-state index contributed by atoms with van der Waals surface area (Å²) in [6.07, 6.45) is 1.72. The van der Waals surface area contributed by atoms with Crippen LogP contribution >= 0.6 is 24.0 Å². The first-order chi connectivity index (χ1) is 11.6. The predicted octanol–water partition coefficient (Wildman–Crippen LogP) is 3.17. The third kappa shape index (κ3) is 13.1. The number of hydrogen-bond acceptors (Lipinski definition) is 3. The van der Waals surface area contributed by atoms with Gasteiger partial charge in [0.05, 0.1) is 25.9 Å². The summed E-state index contributed by atoms with van der Waals surface area (Å²) in [6, 6.07) is 9.95. The number of aliphatic imine (C=N–C) groups is 1. The topological polar surface area (TPSA) is 65.9 Å². The molecular formula is C19H34IN3O2. The molecule has 0 radical (unpaired) electrons. The fourth-order valence-electron chi connectivity index (χ4n) is 2.20. The molecule has 1 unspecified atom stereocenters. The Kier molecular flexibility index (Phi) is 14.9. The molecule has 5 nitrogen and oxygen atoms in total. The molecular weight excluding hydrogens is 429 g/mol. The lowest BCUT2D eigenvalue weighted by Gasteiger charge is -2.14. The molecule has 6 heteroatoms. The highest BCUT2D eigenvalue weighted by atomic mass is 127. The van der Waals surface area contributed by atoms with Gasteiger partial charge in [-0.1, -0.05) is 44.2 Å². The molecule has 0 aliphatic heterocycles. The van der Waals surface area contributed by atoms with E-state index in [9.17, 15) is 5.11 Å². The summed E-state index contributed by atoms with van der Waals surface area (Å²) >= 11 is 0. The number of guanidine groups is 1. The standard InChI is InChI=1S/C19H33N3O2.HI/c1-4-20-19(21-12-8-9-16(2)3)22-13-18(23)15-24-14-17-10-6-5-7-11-17;/h5-7,10-11,16,18,23H,4,8-9,12-15H2,1-3H3,(H2,20,21,22);1H. The number of benzene rings is 1. The fraction of sp³-hybridized carbons (Fsp3) is 0.632. The molecule has 1 aromatic carbocycles. The van der Waals surface area contributed by atoms with E-state index < -0.39 is 6.10 Å². The van der Waals surface area contributed by atoms with E-state index >= 15 is 0 Å². The van der Waals surface area contributed by atoms with Crippen LogP contribution in [0.3, 0.4) is 0 Å². The molecule has 0 saturated heterocycles. The summed E-state index contributed by atoms with van der Waals surface area (Å²) < 4.78 is 5.54. The Labute approximate surface area is 169 Å². The summed E-state index contributed by atoms with van der Waals surface area (Å²) in [6.45, 7) is 9.30. The third-order valence-electron chi connectivity index (χ3n) is 3.48. The molecule has 1 aromatic rings. The maximum Gasteiger partial charge on any atom is 0.191 e. The molecule has 1 atom stereocenters. The lowest BCUT2D eigenvalue weighted by atomic mass is 10.1. The van der Waals surface area contributed by atoms with Crippen molar-refractivity contribution in [3.8, 4) is 0 Å². The number of aliphatic hydroxyl groups is 1. The van der Waals surface area contributed by atoms with Crippen LogP contribution in [0.4, 0.5) is 0 Å². The molecule has 0 aliphatic rings. The van der Waals surface area contributed by atoms with Crippen molar-refractivity contribution in [2.45, 2.75) is 46.3 Å². The van der Waals surface area contributed by atoms with Crippen LogP contribution in [0.15, 0.2) is 35.3 Å². The monoisotopic (exact) mass is 463 g/mol. The van der Waals surface area contributed by atoms with Crippen LogP contribution in [-0.2, 0) is 11.3 Å². The predicted molar refractivity (Wildman–Crippen MR) is 116 cm³/mol. The quantitative estimate of drug-likeness (QED) is 0.204. The van der Waals surface area contributed by atoms with Crippen LogP contribution < -0.4 is 10.6 Å². The van der Waals surface area contributed by atoms with E-state index in [1.807, 2.05) is 37.3 Å². The van der Waals surface area contributed by atoms with Crippen LogP contribution in [0.1, 0.15) is 39.2 Å². The smallest absolute Gasteiger partial charge is 0.191 e. The van der Waals surface area contributed by atoms with E-state index in [2.05, 4.69) is 29.5 Å². The van der Waals surface area contributed by atoms with Gasteiger partial charge in [0.1, 0.15) is 0 Å². The molecule has 0 bridgehead atoms. The second-order valence-electron chi connectivity index (χ2n) is 6.34. The highest BCUT2D eigenvalue weighted by Crippen LogP contribution is 2.02. The van der Waals surface area contributed by atoms with E-state index in [-0.39, 0.29) is 30.6 Å². The van der Waals surface area contributed by atoms with Gasteiger partial charge in [0.25, 0.3) is 0 Å². The Bertz CT molecular complexity index is 455. The van der Waals surface area contributed by atoms with Crippen molar-refractivity contribution in [2.75, 3.05) is 26.2 Å². The Morgan fingerprint density at radius 1 is 1.20 bits per heavy atom. The normalized spacial score (nSPS) is 12.6. The van der Waals surface area contributed by atoms with Gasteiger partial charge < -0.3 is 20.5 Å². The van der Waals surface area contributed by atoms with Gasteiger partial charge in [0.2, 0.25) is 0 Å². The van der Waals surface area contributed by atoms with Crippen molar-refractivity contribution in [1.82, 2.24) is 10.6 Å². The Hall–Kier alpha value is -0.860. The SMILES string of the molecule is CCNC(=NCC(O)COCc1ccccc1)NCCCC(C)C.I. The van der Waals surface area contributed by atoms with Gasteiger partial charge in [-0.05, 0) is 31.2 Å². The van der Waals surface area contributed by atoms with Gasteiger partial charge in [0, 0.05) is 13.1 Å². The molecule has 25 heavy (non-hydrogen) atoms. The lowest BCUT2D eigenvalue weighted by molar-refractivity contribution is 0.0331. The maximum absolute atomic E-state index is 10.0. The fourth-order valence-corrected chi connectivity index (χ4v) is 2.20. The van der Waals surface area contributed by atoms with Gasteiger partial charge in [-0.2, -0.15) is 0 Å². The van der Waals surface area contributed by atoms with Crippen molar-refractivity contribution in [2.24, 2.45) is 10.9 Å². The number of nitrogens with zero attached hydrogens (tertiary/aromatic N) is 1. The molecule has 0 fully saturated rings. The van der Waals surface area contributed by atoms with Gasteiger partial charge in [-0.3, -0.25) is 4.99 Å². The summed E-state index contributed by atoms with van der Waals surface area (Å²) in [5, 5.41) is 16.5. The first-order valence-corrected chi connectivity index (χ1v) is 8.93. The van der Waals surface area contributed by atoms with Crippen molar-refractivity contribution in [3.63, 3.8) is 0 Å². The Morgan fingerprint density at radius 3 is 2.56 bits per heavy atom. The van der Waals surface area contributed by atoms with Crippen molar-refractivity contribution in [1.29, 1.82) is 0 Å². The minimum Gasteiger partial charge on any atom is -0.389 e. The zero-order valence-electron chi connectivity index (χ0n) is 15.7. The summed E-state index contributed by atoms with van der Waals surface area (Å²) in [7, 11) is 0. The summed E-state index contributed by atoms with van der Waals surface area (Å²) in [4.78, 5) is 4.42. The molecule has 3 N–H and O–H groups in total. The van der Waals surface area contributed by atoms with E-state index in [0.29, 0.717) is 13.2 Å². The average molecular weight is 463 g/mol. The first kappa shape index (κ1) is 24.1. The van der Waals surface area contributed by atoms with E-state index in [1.165, 1.54) is 6.42 Å². The van der Waals surface area contributed by atoms with Crippen LogP contribution in [0.5, 0.6) is 0 Å². The number of hydrogen-bond donors (Lipinski definition) is 3. The maximum atomic E-state index is 10.0. The number of rotatable bonds is 11. The molecule has 0 spiro atoms. The zero-order chi connectivity index (χ0) is 17.6. The molecule has 144 valence electrons. The van der Waals surface area contributed by atoms with Crippen molar-refractivity contribution >= 4 is 29.9 Å². The zero-order valence-corrected chi connectivity index (χ0v) is 18.0. The second-order valence-corrected chi connectivity index (χ2v) is 6.34. The summed E-state index contributed by atoms with van der Waals surface area (Å²) in [5.74, 6) is 1.47. The minimum absolute atomic E-state index is 0. The third-order valence-corrected chi connectivity index (χ3v) is 3.48. The van der Waals surface area contributed by atoms with Crippen LogP contribution in [0.2, 0.25) is 0 Å². The van der Waals surface area contributed by atoms with Crippen LogP contribution in [-0.4, -0.2) is 43.4 Å². The van der Waals surface area contributed by atoms with E-state index in [0.717, 1.165) is 37.0 Å². The van der Waals surface area contributed by atoms with Gasteiger partial charge in [0.15, 0.2) is 5.96 Å². The summed E-state index contributed by atoms with van der Waals surface area (Å²) in [5.41, 5.74) is 1.10. The average Bonchev–Trinajstić information content (AvgIpc) is 2.57. The largest absolute Gasteiger partial charge is 0.389 e. The molecule has 0 aliphatic carbocycles. The molecule has 0 amide bonds. The number of aliphatic hydroxyl groups excluding tert-OH is 1. The highest BCUT2D eigenvalue weighted by Gasteiger charge is 2.05. The number of halogens is 1. The lowest BCUT2D eigenvalue weighted by Crippen LogP contribution is -2.38. The molecule has 0 saturated carbocycles. The highest BCUT2D eigenvalue weighted by molar-refractivity contribution is 14.0. The van der Waals surface area contributed by atoms with Crippen LogP contribution in [0, 0.1) is 5.92 Å². The number of ether oxygens (including phenoxy) is 1. The van der Waals surface area contributed by atoms with E-state index in [1.54, 1.807) is 0 Å². The second kappa shape index (κ2) is 15.4. The Morgan fingerprint density at radius 2 is 1.92 bits per heavy atom. The Balaban J connectivity index is 0.00000576. The van der Waals surface area contributed by atoms with Crippen LogP contribution in [0.25, 0.3) is 0 Å². The molecule has 1 rings (SSSR count). The van der Waals surface area contributed by atoms with Gasteiger partial charge in [-0.25, -0.2) is 0 Å². The first-order valence-electron chi connectivity index (χ1n) is 8.93. The van der Waals surface area contributed by atoms with Gasteiger partial charge >= 0.3 is 0 Å². The minimum atomic E-state index is -0.597. The molecule has 0 aromatic heterocycles. The molecule has 0 heterocycles. The van der Waals surface area contributed by atoms with Crippen molar-refractivity contribution < 1.29 is 9.84 Å². The number of nitrogens with one attached hydrogen (secondary N) is 2. The van der Waals surface area contributed by atoms with Gasteiger partial charge in [-0.15, -0.1) is 24.0 Å².